The zero-order valence-corrected chi connectivity index (χ0v) is 17.3. The van der Waals surface area contributed by atoms with E-state index in [4.69, 9.17) is 9.47 Å². The normalized spacial score (nSPS) is 11.8. The van der Waals surface area contributed by atoms with Gasteiger partial charge in [0.1, 0.15) is 11.5 Å². The summed E-state index contributed by atoms with van der Waals surface area (Å²) < 4.78 is 36.4. The first-order chi connectivity index (χ1) is 13.4. The van der Waals surface area contributed by atoms with Crippen molar-refractivity contribution in [3.05, 3.63) is 53.6 Å². The van der Waals surface area contributed by atoms with Crippen LogP contribution in [-0.4, -0.2) is 42.7 Å². The summed E-state index contributed by atoms with van der Waals surface area (Å²) in [4.78, 5) is 4.43. The van der Waals surface area contributed by atoms with E-state index in [0.717, 1.165) is 22.6 Å². The van der Waals surface area contributed by atoms with E-state index in [-0.39, 0.29) is 4.90 Å². The molecule has 0 unspecified atom stereocenters. The van der Waals surface area contributed by atoms with Crippen molar-refractivity contribution in [2.75, 3.05) is 28.3 Å². The first kappa shape index (κ1) is 21.5. The maximum absolute atomic E-state index is 11.8. The topological polar surface area (TPSA) is 101 Å². The lowest BCUT2D eigenvalue weighted by atomic mass is 10.2. The molecule has 0 radical (unpaired) electrons. The number of guanidine groups is 1. The number of nitrogens with zero attached hydrogens (tertiary/aromatic N) is 1. The highest BCUT2D eigenvalue weighted by Gasteiger charge is 2.10. The zero-order valence-electron chi connectivity index (χ0n) is 16.4. The second-order valence-electron chi connectivity index (χ2n) is 5.81. The zero-order chi connectivity index (χ0) is 20.6. The van der Waals surface area contributed by atoms with E-state index in [2.05, 4.69) is 20.3 Å². The van der Waals surface area contributed by atoms with Crippen LogP contribution in [0.1, 0.15) is 11.1 Å². The molecule has 0 saturated heterocycles. The van der Waals surface area contributed by atoms with Crippen molar-refractivity contribution in [3.63, 3.8) is 0 Å². The van der Waals surface area contributed by atoms with Gasteiger partial charge in [-0.3, -0.25) is 4.99 Å². The molecule has 2 aromatic rings. The number of benzene rings is 2. The Morgan fingerprint density at radius 1 is 1.00 bits per heavy atom. The monoisotopic (exact) mass is 406 g/mol. The van der Waals surface area contributed by atoms with Gasteiger partial charge in [-0.2, -0.15) is 0 Å². The molecule has 152 valence electrons. The summed E-state index contributed by atoms with van der Waals surface area (Å²) in [5.74, 6) is 2.07. The summed E-state index contributed by atoms with van der Waals surface area (Å²) in [6.07, 6.45) is 0. The van der Waals surface area contributed by atoms with Gasteiger partial charge in [-0.15, -0.1) is 0 Å². The van der Waals surface area contributed by atoms with Crippen LogP contribution in [0.4, 0.5) is 0 Å². The van der Waals surface area contributed by atoms with Gasteiger partial charge in [0.25, 0.3) is 0 Å². The molecule has 0 aliphatic rings. The molecular weight excluding hydrogens is 380 g/mol. The average Bonchev–Trinajstić information content (AvgIpc) is 2.74. The van der Waals surface area contributed by atoms with Crippen LogP contribution in [-0.2, 0) is 23.1 Å². The number of hydrogen-bond donors (Lipinski definition) is 3. The molecule has 0 spiro atoms. The summed E-state index contributed by atoms with van der Waals surface area (Å²) >= 11 is 0. The molecule has 2 rings (SSSR count). The number of aliphatic imine (C=N–C) groups is 1. The van der Waals surface area contributed by atoms with Crippen molar-refractivity contribution in [1.29, 1.82) is 0 Å². The van der Waals surface area contributed by atoms with Crippen LogP contribution in [0.15, 0.2) is 52.4 Å². The highest BCUT2D eigenvalue weighted by Crippen LogP contribution is 2.24. The number of hydrogen-bond acceptors (Lipinski definition) is 5. The third-order valence-corrected chi connectivity index (χ3v) is 5.56. The standard InChI is InChI=1S/C19H26N4O4S/c1-20-19(23-13-15-7-8-16(26-3)11-18(15)27-4)22-12-14-5-9-17(10-6-14)28(24,25)21-2/h5-11,21H,12-13H2,1-4H3,(H2,20,22,23). The maximum Gasteiger partial charge on any atom is 0.240 e. The van der Waals surface area contributed by atoms with Crippen molar-refractivity contribution in [3.8, 4) is 11.5 Å². The minimum atomic E-state index is -3.43. The van der Waals surface area contributed by atoms with E-state index in [1.165, 1.54) is 7.05 Å². The molecule has 2 aromatic carbocycles. The van der Waals surface area contributed by atoms with E-state index in [1.807, 2.05) is 18.2 Å². The third kappa shape index (κ3) is 5.61. The van der Waals surface area contributed by atoms with Crippen molar-refractivity contribution in [1.82, 2.24) is 15.4 Å². The summed E-state index contributed by atoms with van der Waals surface area (Å²) in [5, 5.41) is 6.42. The van der Waals surface area contributed by atoms with Gasteiger partial charge >= 0.3 is 0 Å². The van der Waals surface area contributed by atoms with E-state index in [0.29, 0.717) is 19.0 Å². The molecule has 0 heterocycles. The molecule has 0 aliphatic carbocycles. The van der Waals surface area contributed by atoms with E-state index < -0.39 is 10.0 Å². The van der Waals surface area contributed by atoms with Crippen molar-refractivity contribution in [2.24, 2.45) is 4.99 Å². The van der Waals surface area contributed by atoms with Gasteiger partial charge in [-0.05, 0) is 36.9 Å². The summed E-state index contributed by atoms with van der Waals surface area (Å²) in [7, 11) is 2.87. The molecule has 0 aromatic heterocycles. The van der Waals surface area contributed by atoms with Crippen LogP contribution in [0, 0.1) is 0 Å². The lowest BCUT2D eigenvalue weighted by Gasteiger charge is -2.14. The van der Waals surface area contributed by atoms with Crippen LogP contribution in [0.5, 0.6) is 11.5 Å². The third-order valence-electron chi connectivity index (χ3n) is 4.13. The Labute approximate surface area is 166 Å². The highest BCUT2D eigenvalue weighted by atomic mass is 32.2. The predicted octanol–water partition coefficient (Wildman–Crippen LogP) is 1.48. The fourth-order valence-electron chi connectivity index (χ4n) is 2.49. The Bertz CT molecular complexity index is 912. The van der Waals surface area contributed by atoms with Crippen LogP contribution < -0.4 is 24.8 Å². The van der Waals surface area contributed by atoms with Gasteiger partial charge in [0.2, 0.25) is 10.0 Å². The van der Waals surface area contributed by atoms with Crippen LogP contribution in [0.25, 0.3) is 0 Å². The van der Waals surface area contributed by atoms with E-state index in [9.17, 15) is 8.42 Å². The minimum absolute atomic E-state index is 0.229. The molecule has 28 heavy (non-hydrogen) atoms. The van der Waals surface area contributed by atoms with Crippen LogP contribution in [0.2, 0.25) is 0 Å². The Morgan fingerprint density at radius 3 is 2.25 bits per heavy atom. The number of nitrogens with one attached hydrogen (secondary N) is 3. The Balaban J connectivity index is 1.95. The second-order valence-corrected chi connectivity index (χ2v) is 7.70. The molecule has 0 fully saturated rings. The lowest BCUT2D eigenvalue weighted by molar-refractivity contribution is 0.390. The number of rotatable bonds is 8. The first-order valence-electron chi connectivity index (χ1n) is 8.61. The SMILES string of the molecule is CN=C(NCc1ccc(S(=O)(=O)NC)cc1)NCc1ccc(OC)cc1OC. The van der Waals surface area contributed by atoms with Gasteiger partial charge in [-0.25, -0.2) is 13.1 Å². The number of methoxy groups -OCH3 is 2. The molecule has 0 aliphatic heterocycles. The molecule has 0 atom stereocenters. The molecule has 0 amide bonds. The van der Waals surface area contributed by atoms with Crippen LogP contribution >= 0.6 is 0 Å². The molecule has 0 saturated carbocycles. The van der Waals surface area contributed by atoms with E-state index in [1.54, 1.807) is 45.5 Å². The predicted molar refractivity (Wildman–Crippen MR) is 109 cm³/mol. The highest BCUT2D eigenvalue weighted by molar-refractivity contribution is 7.89. The van der Waals surface area contributed by atoms with Gasteiger partial charge in [0.05, 0.1) is 19.1 Å². The second kappa shape index (κ2) is 9.95. The summed E-state index contributed by atoms with van der Waals surface area (Å²) in [6.45, 7) is 1.02. The molecule has 9 heteroatoms. The van der Waals surface area contributed by atoms with Gasteiger partial charge in [-0.1, -0.05) is 12.1 Å². The van der Waals surface area contributed by atoms with Crippen molar-refractivity contribution in [2.45, 2.75) is 18.0 Å². The fraction of sp³-hybridized carbons (Fsp3) is 0.316. The average molecular weight is 407 g/mol. The Hall–Kier alpha value is -2.78. The Kier molecular flexibility index (Phi) is 7.65. The van der Waals surface area contributed by atoms with Gasteiger partial charge in [0.15, 0.2) is 5.96 Å². The lowest BCUT2D eigenvalue weighted by Crippen LogP contribution is -2.36. The largest absolute Gasteiger partial charge is 0.497 e. The van der Waals surface area contributed by atoms with Crippen LogP contribution in [0.3, 0.4) is 0 Å². The number of ether oxygens (including phenoxy) is 2. The maximum atomic E-state index is 11.8. The van der Waals surface area contributed by atoms with Gasteiger partial charge < -0.3 is 20.1 Å². The fourth-order valence-corrected chi connectivity index (χ4v) is 3.22. The minimum Gasteiger partial charge on any atom is -0.497 e. The quantitative estimate of drug-likeness (QED) is 0.453. The smallest absolute Gasteiger partial charge is 0.240 e. The Morgan fingerprint density at radius 2 is 1.68 bits per heavy atom. The van der Waals surface area contributed by atoms with E-state index >= 15 is 0 Å². The summed E-state index contributed by atoms with van der Waals surface area (Å²) in [5.41, 5.74) is 1.90. The molecule has 8 nitrogen and oxygen atoms in total. The van der Waals surface area contributed by atoms with Crippen molar-refractivity contribution < 1.29 is 17.9 Å². The molecule has 3 N–H and O–H groups in total. The number of sulfonamides is 1. The molecular formula is C19H26N4O4S. The van der Waals surface area contributed by atoms with Gasteiger partial charge in [0, 0.05) is 31.8 Å². The first-order valence-corrected chi connectivity index (χ1v) is 10.1. The van der Waals surface area contributed by atoms with Crippen molar-refractivity contribution >= 4 is 16.0 Å². The summed E-state index contributed by atoms with van der Waals surface area (Å²) in [6, 6.07) is 12.3. The molecule has 0 bridgehead atoms.